The first-order valence-electron chi connectivity index (χ1n) is 5.06. The number of anilines is 1. The molecule has 1 heterocycles. The normalized spacial score (nSPS) is 10.4. The van der Waals surface area contributed by atoms with Crippen LogP contribution in [0.3, 0.4) is 0 Å². The van der Waals surface area contributed by atoms with Crippen molar-refractivity contribution in [2.75, 3.05) is 5.73 Å². The van der Waals surface area contributed by atoms with Crippen molar-refractivity contribution in [3.05, 3.63) is 47.4 Å². The molecule has 0 unspecified atom stereocenters. The molecule has 2 nitrogen and oxygen atoms in total. The lowest BCUT2D eigenvalue weighted by Crippen LogP contribution is -1.94. The molecule has 1 aromatic carbocycles. The topological polar surface area (TPSA) is 38.9 Å². The predicted molar refractivity (Wildman–Crippen MR) is 63.5 cm³/mol. The Morgan fingerprint density at radius 1 is 1.06 bits per heavy atom. The van der Waals surface area contributed by atoms with Crippen LogP contribution in [0.4, 0.5) is 10.2 Å². The number of hydrogen-bond donors (Lipinski definition) is 1. The monoisotopic (exact) mass is 216 g/mol. The van der Waals surface area contributed by atoms with E-state index in [4.69, 9.17) is 5.73 Å². The van der Waals surface area contributed by atoms with Crippen molar-refractivity contribution < 1.29 is 4.39 Å². The number of hydrogen-bond acceptors (Lipinski definition) is 2. The highest BCUT2D eigenvalue weighted by molar-refractivity contribution is 5.65. The Bertz CT molecular complexity index is 486. The van der Waals surface area contributed by atoms with Crippen molar-refractivity contribution in [2.24, 2.45) is 0 Å². The van der Waals surface area contributed by atoms with Crippen LogP contribution in [0.15, 0.2) is 30.5 Å². The van der Waals surface area contributed by atoms with E-state index in [1.807, 2.05) is 19.1 Å². The highest BCUT2D eigenvalue weighted by atomic mass is 19.1. The van der Waals surface area contributed by atoms with E-state index in [1.54, 1.807) is 19.2 Å². The van der Waals surface area contributed by atoms with Crippen LogP contribution >= 0.6 is 0 Å². The quantitative estimate of drug-likeness (QED) is 0.795. The SMILES string of the molecule is Cc1ccc(-c2cnc(N)c(C)c2)cc1F. The summed E-state index contributed by atoms with van der Waals surface area (Å²) < 4.78 is 13.4. The minimum atomic E-state index is -0.202. The predicted octanol–water partition coefficient (Wildman–Crippen LogP) is 3.09. The first kappa shape index (κ1) is 10.6. The molecular formula is C13H13FN2. The Labute approximate surface area is 93.9 Å². The largest absolute Gasteiger partial charge is 0.383 e. The lowest BCUT2D eigenvalue weighted by atomic mass is 10.0. The summed E-state index contributed by atoms with van der Waals surface area (Å²) in [6, 6.07) is 7.07. The van der Waals surface area contributed by atoms with Gasteiger partial charge in [-0.3, -0.25) is 0 Å². The molecule has 0 bridgehead atoms. The second-order valence-electron chi connectivity index (χ2n) is 3.89. The van der Waals surface area contributed by atoms with Gasteiger partial charge in [0, 0.05) is 11.8 Å². The van der Waals surface area contributed by atoms with Crippen LogP contribution in [0, 0.1) is 19.7 Å². The molecule has 0 spiro atoms. The first-order chi connectivity index (χ1) is 7.58. The number of aromatic nitrogens is 1. The molecule has 1 aromatic heterocycles. The van der Waals surface area contributed by atoms with E-state index in [0.29, 0.717) is 11.4 Å². The van der Waals surface area contributed by atoms with Gasteiger partial charge in [-0.1, -0.05) is 12.1 Å². The number of pyridine rings is 1. The highest BCUT2D eigenvalue weighted by Gasteiger charge is 2.04. The zero-order valence-corrected chi connectivity index (χ0v) is 9.29. The summed E-state index contributed by atoms with van der Waals surface area (Å²) in [7, 11) is 0. The van der Waals surface area contributed by atoms with E-state index in [9.17, 15) is 4.39 Å². The van der Waals surface area contributed by atoms with E-state index in [0.717, 1.165) is 16.7 Å². The van der Waals surface area contributed by atoms with Crippen LogP contribution in [0.25, 0.3) is 11.1 Å². The Morgan fingerprint density at radius 2 is 1.81 bits per heavy atom. The number of rotatable bonds is 1. The third kappa shape index (κ3) is 1.89. The number of nitrogen functional groups attached to an aromatic ring is 1. The van der Waals surface area contributed by atoms with Gasteiger partial charge in [0.05, 0.1) is 0 Å². The van der Waals surface area contributed by atoms with E-state index < -0.39 is 0 Å². The first-order valence-corrected chi connectivity index (χ1v) is 5.06. The van der Waals surface area contributed by atoms with E-state index in [1.165, 1.54) is 6.07 Å². The molecule has 0 amide bonds. The van der Waals surface area contributed by atoms with Crippen LogP contribution < -0.4 is 5.73 Å². The molecule has 0 fully saturated rings. The molecule has 16 heavy (non-hydrogen) atoms. The average Bonchev–Trinajstić information content (AvgIpc) is 2.26. The van der Waals surface area contributed by atoms with Crippen molar-refractivity contribution in [3.63, 3.8) is 0 Å². The zero-order chi connectivity index (χ0) is 11.7. The van der Waals surface area contributed by atoms with Crippen LogP contribution in [-0.2, 0) is 0 Å². The standard InChI is InChI=1S/C13H13FN2/c1-8-3-4-10(6-12(8)14)11-5-9(2)13(15)16-7-11/h3-7H,1-2H3,(H2,15,16). The smallest absolute Gasteiger partial charge is 0.126 e. The molecule has 0 radical (unpaired) electrons. The third-order valence-corrected chi connectivity index (χ3v) is 2.62. The second-order valence-corrected chi connectivity index (χ2v) is 3.89. The maximum Gasteiger partial charge on any atom is 0.126 e. The van der Waals surface area contributed by atoms with Gasteiger partial charge in [-0.2, -0.15) is 0 Å². The Kier molecular flexibility index (Phi) is 2.60. The number of nitrogens with two attached hydrogens (primary N) is 1. The van der Waals surface area contributed by atoms with Gasteiger partial charge in [-0.25, -0.2) is 9.37 Å². The Hall–Kier alpha value is -1.90. The summed E-state index contributed by atoms with van der Waals surface area (Å²) in [5.74, 6) is 0.309. The number of halogens is 1. The van der Waals surface area contributed by atoms with Gasteiger partial charge < -0.3 is 5.73 Å². The molecule has 2 N–H and O–H groups in total. The zero-order valence-electron chi connectivity index (χ0n) is 9.29. The van der Waals surface area contributed by atoms with Crippen LogP contribution in [-0.4, -0.2) is 4.98 Å². The molecule has 2 aromatic rings. The average molecular weight is 216 g/mol. The molecule has 3 heteroatoms. The van der Waals surface area contributed by atoms with Gasteiger partial charge in [-0.05, 0) is 42.7 Å². The summed E-state index contributed by atoms with van der Waals surface area (Å²) in [6.45, 7) is 3.63. The maximum atomic E-state index is 13.4. The lowest BCUT2D eigenvalue weighted by Gasteiger charge is -2.05. The Morgan fingerprint density at radius 3 is 2.44 bits per heavy atom. The molecule has 2 rings (SSSR count). The molecule has 0 aliphatic rings. The minimum absolute atomic E-state index is 0.202. The lowest BCUT2D eigenvalue weighted by molar-refractivity contribution is 0.619. The summed E-state index contributed by atoms with van der Waals surface area (Å²) in [5.41, 5.74) is 8.88. The van der Waals surface area contributed by atoms with Crippen molar-refractivity contribution in [3.8, 4) is 11.1 Å². The fourth-order valence-corrected chi connectivity index (χ4v) is 1.52. The molecule has 0 saturated carbocycles. The third-order valence-electron chi connectivity index (χ3n) is 2.62. The molecule has 0 aliphatic carbocycles. The number of aryl methyl sites for hydroxylation is 2. The molecule has 0 aliphatic heterocycles. The molecule has 0 atom stereocenters. The van der Waals surface area contributed by atoms with E-state index >= 15 is 0 Å². The van der Waals surface area contributed by atoms with Crippen molar-refractivity contribution in [1.29, 1.82) is 0 Å². The van der Waals surface area contributed by atoms with Crippen LogP contribution in [0.1, 0.15) is 11.1 Å². The van der Waals surface area contributed by atoms with Crippen molar-refractivity contribution >= 4 is 5.82 Å². The van der Waals surface area contributed by atoms with Crippen molar-refractivity contribution in [1.82, 2.24) is 4.98 Å². The fraction of sp³-hybridized carbons (Fsp3) is 0.154. The molecule has 82 valence electrons. The maximum absolute atomic E-state index is 13.4. The highest BCUT2D eigenvalue weighted by Crippen LogP contribution is 2.23. The summed E-state index contributed by atoms with van der Waals surface area (Å²) >= 11 is 0. The van der Waals surface area contributed by atoms with Crippen LogP contribution in [0.5, 0.6) is 0 Å². The van der Waals surface area contributed by atoms with Gasteiger partial charge >= 0.3 is 0 Å². The number of nitrogens with zero attached hydrogens (tertiary/aromatic N) is 1. The van der Waals surface area contributed by atoms with E-state index in [2.05, 4.69) is 4.98 Å². The fourth-order valence-electron chi connectivity index (χ4n) is 1.52. The second kappa shape index (κ2) is 3.93. The van der Waals surface area contributed by atoms with Gasteiger partial charge in [0.25, 0.3) is 0 Å². The Balaban J connectivity index is 2.50. The summed E-state index contributed by atoms with van der Waals surface area (Å²) in [5, 5.41) is 0. The molecule has 0 saturated heterocycles. The van der Waals surface area contributed by atoms with Gasteiger partial charge in [0.2, 0.25) is 0 Å². The van der Waals surface area contributed by atoms with Gasteiger partial charge in [0.1, 0.15) is 11.6 Å². The van der Waals surface area contributed by atoms with Gasteiger partial charge in [-0.15, -0.1) is 0 Å². The molecular weight excluding hydrogens is 203 g/mol. The van der Waals surface area contributed by atoms with Crippen LogP contribution in [0.2, 0.25) is 0 Å². The summed E-state index contributed by atoms with van der Waals surface area (Å²) in [6.07, 6.45) is 1.66. The van der Waals surface area contributed by atoms with Crippen molar-refractivity contribution in [2.45, 2.75) is 13.8 Å². The summed E-state index contributed by atoms with van der Waals surface area (Å²) in [4.78, 5) is 4.06. The number of benzene rings is 1. The van der Waals surface area contributed by atoms with E-state index in [-0.39, 0.29) is 5.82 Å². The van der Waals surface area contributed by atoms with Gasteiger partial charge in [0.15, 0.2) is 0 Å². The minimum Gasteiger partial charge on any atom is -0.383 e.